The summed E-state index contributed by atoms with van der Waals surface area (Å²) in [7, 11) is 0. The number of imidazole rings is 1. The normalized spacial score (nSPS) is 10.7. The third-order valence-electron chi connectivity index (χ3n) is 2.30. The molecule has 4 nitrogen and oxygen atoms in total. The highest BCUT2D eigenvalue weighted by Crippen LogP contribution is 2.14. The van der Waals surface area contributed by atoms with Crippen molar-refractivity contribution in [3.05, 3.63) is 35.5 Å². The smallest absolute Gasteiger partial charge is 0.358 e. The van der Waals surface area contributed by atoms with Gasteiger partial charge in [0.15, 0.2) is 11.6 Å². The molecule has 0 N–H and O–H groups in total. The van der Waals surface area contributed by atoms with Crippen LogP contribution >= 0.6 is 0 Å². The summed E-state index contributed by atoms with van der Waals surface area (Å²) in [5.74, 6) is -0.971. The molecule has 0 atom stereocenters. The van der Waals surface area contributed by atoms with Gasteiger partial charge in [0.1, 0.15) is 5.65 Å². The first-order valence-corrected chi connectivity index (χ1v) is 4.96. The molecule has 84 valence electrons. The zero-order chi connectivity index (χ0) is 11.7. The Labute approximate surface area is 91.7 Å². The van der Waals surface area contributed by atoms with E-state index in [1.807, 2.05) is 0 Å². The summed E-state index contributed by atoms with van der Waals surface area (Å²) in [6.07, 6.45) is 0. The monoisotopic (exact) mass is 222 g/mol. The van der Waals surface area contributed by atoms with Gasteiger partial charge in [0.2, 0.25) is 0 Å². The van der Waals surface area contributed by atoms with Crippen LogP contribution < -0.4 is 0 Å². The molecule has 0 fully saturated rings. The highest BCUT2D eigenvalue weighted by Gasteiger charge is 2.18. The van der Waals surface area contributed by atoms with Crippen molar-refractivity contribution < 1.29 is 13.9 Å². The summed E-state index contributed by atoms with van der Waals surface area (Å²) < 4.78 is 19.6. The molecule has 0 aromatic carbocycles. The second-order valence-electron chi connectivity index (χ2n) is 3.31. The Hall–Kier alpha value is -1.91. The molecule has 2 rings (SSSR count). The Morgan fingerprint density at radius 2 is 2.31 bits per heavy atom. The van der Waals surface area contributed by atoms with Gasteiger partial charge in [-0.15, -0.1) is 0 Å². The maximum absolute atomic E-state index is 13.5. The lowest BCUT2D eigenvalue weighted by atomic mass is 10.3. The van der Waals surface area contributed by atoms with Crippen molar-refractivity contribution in [3.63, 3.8) is 0 Å². The van der Waals surface area contributed by atoms with E-state index in [1.54, 1.807) is 26.0 Å². The molecule has 0 aliphatic rings. The van der Waals surface area contributed by atoms with E-state index in [-0.39, 0.29) is 12.3 Å². The van der Waals surface area contributed by atoms with Crippen LogP contribution in [0.15, 0.2) is 18.2 Å². The topological polar surface area (TPSA) is 43.6 Å². The highest BCUT2D eigenvalue weighted by molar-refractivity contribution is 5.89. The predicted octanol–water partition coefficient (Wildman–Crippen LogP) is 1.96. The molecule has 5 heteroatoms. The van der Waals surface area contributed by atoms with E-state index in [1.165, 1.54) is 10.5 Å². The van der Waals surface area contributed by atoms with Crippen molar-refractivity contribution in [1.29, 1.82) is 0 Å². The van der Waals surface area contributed by atoms with Crippen LogP contribution in [0.1, 0.15) is 23.1 Å². The lowest BCUT2D eigenvalue weighted by molar-refractivity contribution is 0.0519. The number of ether oxygens (including phenoxy) is 1. The first-order chi connectivity index (χ1) is 7.65. The number of halogens is 1. The third-order valence-corrected chi connectivity index (χ3v) is 2.30. The fourth-order valence-corrected chi connectivity index (χ4v) is 1.59. The van der Waals surface area contributed by atoms with Gasteiger partial charge >= 0.3 is 5.97 Å². The van der Waals surface area contributed by atoms with Crippen molar-refractivity contribution in [2.24, 2.45) is 0 Å². The number of pyridine rings is 1. The van der Waals surface area contributed by atoms with E-state index in [9.17, 15) is 9.18 Å². The summed E-state index contributed by atoms with van der Waals surface area (Å²) in [6, 6.07) is 4.50. The number of carbonyl (C=O) groups excluding carboxylic acids is 1. The maximum atomic E-state index is 13.5. The molecule has 2 aromatic heterocycles. The summed E-state index contributed by atoms with van der Waals surface area (Å²) in [5.41, 5.74) is 1.01. The van der Waals surface area contributed by atoms with Crippen molar-refractivity contribution in [2.45, 2.75) is 13.8 Å². The molecule has 2 heterocycles. The second-order valence-corrected chi connectivity index (χ2v) is 3.31. The minimum Gasteiger partial charge on any atom is -0.461 e. The van der Waals surface area contributed by atoms with E-state index in [0.29, 0.717) is 11.3 Å². The fourth-order valence-electron chi connectivity index (χ4n) is 1.59. The molecule has 0 saturated heterocycles. The largest absolute Gasteiger partial charge is 0.461 e. The van der Waals surface area contributed by atoms with Crippen LogP contribution in [0.2, 0.25) is 0 Å². The standard InChI is InChI=1S/C11H11FN2O2/c1-3-16-11(15)10-7(2)14-8(12)5-4-6-9(14)13-10/h4-6H,3H2,1-2H3. The molecule has 0 unspecified atom stereocenters. The van der Waals surface area contributed by atoms with Crippen LogP contribution in [-0.4, -0.2) is 22.0 Å². The number of carbonyl (C=O) groups is 1. The van der Waals surface area contributed by atoms with E-state index < -0.39 is 11.9 Å². The summed E-state index contributed by atoms with van der Waals surface area (Å²) in [4.78, 5) is 15.6. The Morgan fingerprint density at radius 3 is 2.94 bits per heavy atom. The van der Waals surface area contributed by atoms with Crippen LogP contribution in [0, 0.1) is 12.9 Å². The number of aryl methyl sites for hydroxylation is 1. The molecular weight excluding hydrogens is 211 g/mol. The Bertz CT molecular complexity index is 548. The number of nitrogens with zero attached hydrogens (tertiary/aromatic N) is 2. The SMILES string of the molecule is CCOC(=O)c1nc2cccc(F)n2c1C. The zero-order valence-corrected chi connectivity index (χ0v) is 9.03. The van der Waals surface area contributed by atoms with Crippen molar-refractivity contribution in [2.75, 3.05) is 6.61 Å². The number of rotatable bonds is 2. The number of hydrogen-bond acceptors (Lipinski definition) is 3. The van der Waals surface area contributed by atoms with Gasteiger partial charge in [-0.1, -0.05) is 6.07 Å². The first kappa shape index (κ1) is 10.6. The molecule has 0 aliphatic carbocycles. The van der Waals surface area contributed by atoms with Crippen LogP contribution in [0.25, 0.3) is 5.65 Å². The van der Waals surface area contributed by atoms with Gasteiger partial charge in [-0.05, 0) is 26.0 Å². The van der Waals surface area contributed by atoms with Gasteiger partial charge in [0, 0.05) is 0 Å². The van der Waals surface area contributed by atoms with E-state index >= 15 is 0 Å². The zero-order valence-electron chi connectivity index (χ0n) is 9.03. The molecule has 0 spiro atoms. The van der Waals surface area contributed by atoms with Gasteiger partial charge in [0.05, 0.1) is 12.3 Å². The quantitative estimate of drug-likeness (QED) is 0.576. The van der Waals surface area contributed by atoms with Gasteiger partial charge in [-0.2, -0.15) is 4.39 Å². The van der Waals surface area contributed by atoms with E-state index in [4.69, 9.17) is 4.74 Å². The highest BCUT2D eigenvalue weighted by atomic mass is 19.1. The molecule has 0 radical (unpaired) electrons. The van der Waals surface area contributed by atoms with Gasteiger partial charge < -0.3 is 4.74 Å². The lowest BCUT2D eigenvalue weighted by Crippen LogP contribution is -2.07. The number of fused-ring (bicyclic) bond motifs is 1. The average Bonchev–Trinajstić information content (AvgIpc) is 2.58. The predicted molar refractivity (Wildman–Crippen MR) is 55.8 cm³/mol. The molecule has 2 aromatic rings. The number of aromatic nitrogens is 2. The van der Waals surface area contributed by atoms with E-state index in [2.05, 4.69) is 4.98 Å². The molecule has 0 bridgehead atoms. The maximum Gasteiger partial charge on any atom is 0.358 e. The minimum absolute atomic E-state index is 0.159. The Kier molecular flexibility index (Phi) is 2.60. The molecule has 0 aliphatic heterocycles. The van der Waals surface area contributed by atoms with Crippen LogP contribution in [-0.2, 0) is 4.74 Å². The minimum atomic E-state index is -0.525. The molecule has 0 saturated carbocycles. The summed E-state index contributed by atoms with van der Waals surface area (Å²) >= 11 is 0. The Balaban J connectivity index is 2.61. The van der Waals surface area contributed by atoms with Crippen molar-refractivity contribution in [3.8, 4) is 0 Å². The number of hydrogen-bond donors (Lipinski definition) is 0. The second kappa shape index (κ2) is 3.92. The van der Waals surface area contributed by atoms with Gasteiger partial charge in [-0.3, -0.25) is 4.40 Å². The van der Waals surface area contributed by atoms with Crippen LogP contribution in [0.5, 0.6) is 0 Å². The molecule has 16 heavy (non-hydrogen) atoms. The number of esters is 1. The molecule has 0 amide bonds. The third kappa shape index (κ3) is 1.54. The average molecular weight is 222 g/mol. The Morgan fingerprint density at radius 1 is 1.56 bits per heavy atom. The van der Waals surface area contributed by atoms with Crippen LogP contribution in [0.4, 0.5) is 4.39 Å². The fraction of sp³-hybridized carbons (Fsp3) is 0.273. The molecular formula is C11H11FN2O2. The van der Waals surface area contributed by atoms with Crippen molar-refractivity contribution >= 4 is 11.6 Å². The lowest BCUT2D eigenvalue weighted by Gasteiger charge is -1.99. The first-order valence-electron chi connectivity index (χ1n) is 4.96. The summed E-state index contributed by atoms with van der Waals surface area (Å²) in [6.45, 7) is 3.62. The van der Waals surface area contributed by atoms with Crippen molar-refractivity contribution in [1.82, 2.24) is 9.38 Å². The summed E-state index contributed by atoms with van der Waals surface area (Å²) in [5, 5.41) is 0. The van der Waals surface area contributed by atoms with Gasteiger partial charge in [-0.25, -0.2) is 9.78 Å². The van der Waals surface area contributed by atoms with E-state index in [0.717, 1.165) is 0 Å². The van der Waals surface area contributed by atoms with Gasteiger partial charge in [0.25, 0.3) is 0 Å². The van der Waals surface area contributed by atoms with Crippen LogP contribution in [0.3, 0.4) is 0 Å².